The van der Waals surface area contributed by atoms with E-state index >= 15 is 0 Å². The van der Waals surface area contributed by atoms with E-state index in [1.165, 1.54) is 19.3 Å². The summed E-state index contributed by atoms with van der Waals surface area (Å²) in [6.07, 6.45) is 3.61. The number of rotatable bonds is 2. The molecule has 0 spiro atoms. The minimum atomic E-state index is -0.741. The second kappa shape index (κ2) is 2.44. The van der Waals surface area contributed by atoms with Crippen molar-refractivity contribution in [2.75, 3.05) is 0 Å². The van der Waals surface area contributed by atoms with E-state index in [1.807, 2.05) is 30.3 Å². The van der Waals surface area contributed by atoms with Crippen molar-refractivity contribution < 1.29 is 4.21 Å². The minimum Gasteiger partial charge on any atom is -0.254 e. The van der Waals surface area contributed by atoms with Crippen molar-refractivity contribution in [3.05, 3.63) is 30.3 Å². The number of hydrogen-bond acceptors (Lipinski definition) is 1. The van der Waals surface area contributed by atoms with E-state index in [1.54, 1.807) is 0 Å². The van der Waals surface area contributed by atoms with Gasteiger partial charge in [-0.05, 0) is 37.3 Å². The van der Waals surface area contributed by atoms with Crippen LogP contribution in [0.1, 0.15) is 19.3 Å². The molecule has 0 N–H and O–H groups in total. The van der Waals surface area contributed by atoms with Crippen LogP contribution in [0, 0.1) is 5.92 Å². The van der Waals surface area contributed by atoms with Crippen LogP contribution < -0.4 is 0 Å². The average Bonchev–Trinajstić information content (AvgIpc) is 2.00. The highest BCUT2D eigenvalue weighted by Gasteiger charge is 2.60. The Kier molecular flexibility index (Phi) is 1.46. The van der Waals surface area contributed by atoms with Crippen LogP contribution in [-0.2, 0) is 10.8 Å². The first-order valence-electron chi connectivity index (χ1n) is 4.77. The molecule has 0 heterocycles. The lowest BCUT2D eigenvalue weighted by molar-refractivity contribution is 0.0531. The summed E-state index contributed by atoms with van der Waals surface area (Å²) in [5.74, 6) is 0.910. The van der Waals surface area contributed by atoms with Gasteiger partial charge in [-0.1, -0.05) is 18.2 Å². The summed E-state index contributed by atoms with van der Waals surface area (Å²) in [5, 5.41) is 0. The van der Waals surface area contributed by atoms with E-state index < -0.39 is 10.8 Å². The van der Waals surface area contributed by atoms with E-state index in [0.717, 1.165) is 10.8 Å². The minimum absolute atomic E-state index is 0.200. The molecule has 0 amide bonds. The van der Waals surface area contributed by atoms with Gasteiger partial charge in [0.05, 0.1) is 15.5 Å². The SMILES string of the molecule is O=S(c1ccccc1)C12CC(C1)C2. The molecule has 0 aromatic heterocycles. The summed E-state index contributed by atoms with van der Waals surface area (Å²) in [5.41, 5.74) is 0. The molecule has 3 fully saturated rings. The van der Waals surface area contributed by atoms with E-state index in [4.69, 9.17) is 0 Å². The Balaban J connectivity index is 1.90. The van der Waals surface area contributed by atoms with Gasteiger partial charge in [-0.25, -0.2) is 0 Å². The highest BCUT2D eigenvalue weighted by molar-refractivity contribution is 7.86. The van der Waals surface area contributed by atoms with Crippen LogP contribution in [0.15, 0.2) is 35.2 Å². The summed E-state index contributed by atoms with van der Waals surface area (Å²) in [6.45, 7) is 0. The fourth-order valence-electron chi connectivity index (χ4n) is 2.42. The first kappa shape index (κ1) is 7.74. The van der Waals surface area contributed by atoms with Gasteiger partial charge in [0.2, 0.25) is 0 Å². The molecule has 3 aliphatic carbocycles. The zero-order valence-electron chi connectivity index (χ0n) is 7.40. The molecular weight excluding hydrogens is 180 g/mol. The lowest BCUT2D eigenvalue weighted by Gasteiger charge is -2.60. The highest BCUT2D eigenvalue weighted by Crippen LogP contribution is 2.61. The van der Waals surface area contributed by atoms with Crippen LogP contribution in [0.4, 0.5) is 0 Å². The van der Waals surface area contributed by atoms with E-state index in [-0.39, 0.29) is 4.75 Å². The third kappa shape index (κ3) is 0.953. The molecule has 4 rings (SSSR count). The Morgan fingerprint density at radius 1 is 1.15 bits per heavy atom. The van der Waals surface area contributed by atoms with Crippen LogP contribution in [0.3, 0.4) is 0 Å². The predicted octanol–water partition coefficient (Wildman–Crippen LogP) is 2.35. The van der Waals surface area contributed by atoms with Crippen molar-refractivity contribution in [1.82, 2.24) is 0 Å². The van der Waals surface area contributed by atoms with Crippen molar-refractivity contribution >= 4 is 10.8 Å². The molecule has 1 atom stereocenters. The zero-order chi connectivity index (χ0) is 8.89. The molecule has 68 valence electrons. The number of hydrogen-bond donors (Lipinski definition) is 0. The van der Waals surface area contributed by atoms with Gasteiger partial charge in [-0.3, -0.25) is 4.21 Å². The van der Waals surface area contributed by atoms with Crippen LogP contribution >= 0.6 is 0 Å². The first-order valence-corrected chi connectivity index (χ1v) is 5.92. The molecule has 0 radical (unpaired) electrons. The standard InChI is InChI=1S/C11H12OS/c12-13(10-4-2-1-3-5-10)11-6-9(7-11)8-11/h1-5,9H,6-8H2. The van der Waals surface area contributed by atoms with Gasteiger partial charge in [0.15, 0.2) is 0 Å². The maximum absolute atomic E-state index is 12.1. The second-order valence-electron chi connectivity index (χ2n) is 4.24. The fourth-order valence-corrected chi connectivity index (χ4v) is 4.49. The quantitative estimate of drug-likeness (QED) is 0.703. The molecule has 2 heteroatoms. The van der Waals surface area contributed by atoms with Crippen molar-refractivity contribution in [3.8, 4) is 0 Å². The van der Waals surface area contributed by atoms with Gasteiger partial charge in [0.25, 0.3) is 0 Å². The van der Waals surface area contributed by atoms with Gasteiger partial charge < -0.3 is 0 Å². The molecule has 13 heavy (non-hydrogen) atoms. The second-order valence-corrected chi connectivity index (χ2v) is 6.12. The topological polar surface area (TPSA) is 17.1 Å². The lowest BCUT2D eigenvalue weighted by Crippen LogP contribution is -2.60. The monoisotopic (exact) mass is 192 g/mol. The Bertz CT molecular complexity index is 341. The summed E-state index contributed by atoms with van der Waals surface area (Å²) in [4.78, 5) is 1.01. The molecule has 1 aromatic carbocycles. The maximum atomic E-state index is 12.1. The van der Waals surface area contributed by atoms with Gasteiger partial charge in [0, 0.05) is 4.90 Å². The molecule has 1 nitrogen and oxygen atoms in total. The Morgan fingerprint density at radius 3 is 2.23 bits per heavy atom. The van der Waals surface area contributed by atoms with Crippen LogP contribution in [0.25, 0.3) is 0 Å². The number of benzene rings is 1. The maximum Gasteiger partial charge on any atom is 0.0592 e. The van der Waals surface area contributed by atoms with Crippen LogP contribution in [0.5, 0.6) is 0 Å². The van der Waals surface area contributed by atoms with Crippen molar-refractivity contribution in [2.24, 2.45) is 5.92 Å². The van der Waals surface area contributed by atoms with Crippen LogP contribution in [-0.4, -0.2) is 8.96 Å². The molecule has 0 saturated heterocycles. The smallest absolute Gasteiger partial charge is 0.0592 e. The van der Waals surface area contributed by atoms with Crippen molar-refractivity contribution in [1.29, 1.82) is 0 Å². The van der Waals surface area contributed by atoms with E-state index in [9.17, 15) is 4.21 Å². The Hall–Kier alpha value is -0.630. The highest BCUT2D eigenvalue weighted by atomic mass is 32.2. The fraction of sp³-hybridized carbons (Fsp3) is 0.455. The summed E-state index contributed by atoms with van der Waals surface area (Å²) >= 11 is 0. The molecule has 2 bridgehead atoms. The Labute approximate surface area is 80.6 Å². The van der Waals surface area contributed by atoms with Crippen LogP contribution in [0.2, 0.25) is 0 Å². The van der Waals surface area contributed by atoms with Crippen molar-refractivity contribution in [3.63, 3.8) is 0 Å². The summed E-state index contributed by atoms with van der Waals surface area (Å²) in [6, 6.07) is 9.88. The first-order chi connectivity index (χ1) is 6.30. The third-order valence-corrected chi connectivity index (χ3v) is 5.32. The normalized spacial score (nSPS) is 37.4. The van der Waals surface area contributed by atoms with E-state index in [0.29, 0.717) is 0 Å². The lowest BCUT2D eigenvalue weighted by atomic mass is 9.55. The molecule has 1 aromatic rings. The molecular formula is C11H12OS. The van der Waals surface area contributed by atoms with E-state index in [2.05, 4.69) is 0 Å². The summed E-state index contributed by atoms with van der Waals surface area (Å²) in [7, 11) is -0.741. The van der Waals surface area contributed by atoms with Gasteiger partial charge in [-0.2, -0.15) is 0 Å². The van der Waals surface area contributed by atoms with Gasteiger partial charge in [0.1, 0.15) is 0 Å². The average molecular weight is 192 g/mol. The predicted molar refractivity (Wildman–Crippen MR) is 52.9 cm³/mol. The zero-order valence-corrected chi connectivity index (χ0v) is 8.22. The molecule has 1 unspecified atom stereocenters. The molecule has 0 aliphatic heterocycles. The molecule has 3 aliphatic rings. The largest absolute Gasteiger partial charge is 0.254 e. The van der Waals surface area contributed by atoms with Crippen molar-refractivity contribution in [2.45, 2.75) is 28.9 Å². The van der Waals surface area contributed by atoms with Gasteiger partial charge in [-0.15, -0.1) is 0 Å². The summed E-state index contributed by atoms with van der Waals surface area (Å²) < 4.78 is 12.3. The Morgan fingerprint density at radius 2 is 1.77 bits per heavy atom. The molecule has 3 saturated carbocycles. The van der Waals surface area contributed by atoms with Gasteiger partial charge >= 0.3 is 0 Å². The third-order valence-electron chi connectivity index (χ3n) is 3.33.